The standard InChI is InChI=1S/C34H30BN.C28H25BN2.C22H20BNO/c1-34(2,3)36-31-23-12-10-21-29(31)35(30-22-11-13-24-32(30)36)33-27(25-15-6-4-7-16-25)19-14-20-28(33)26-17-8-5-9-18-26;1-28(2,3)31-24-17-10-8-15-22(24)29-21-14-7-9-16-23(21)30(20-12-5-4-6-13-20)25-18-11-19-26(31)27(25)29;1-22(2,3)24-17-11-6-4-9-15(17)23-16-10-5-7-13-19(16)25-20-14-8-12-18(24)21(20)23/h4-24H,1-3H3;4-19H,1-3H3;4-14H,1-3H3. The molecule has 0 fully saturated rings. The van der Waals surface area contributed by atoms with Gasteiger partial charge in [-0.1, -0.05) is 224 Å². The number of para-hydroxylation sites is 7. The van der Waals surface area contributed by atoms with Crippen molar-refractivity contribution in [1.82, 2.24) is 0 Å². The normalized spacial score (nSPS) is 13.6. The number of hydrogen-bond donors (Lipinski definition) is 0. The molecule has 92 heavy (non-hydrogen) atoms. The molecule has 8 heteroatoms. The summed E-state index contributed by atoms with van der Waals surface area (Å²) in [4.78, 5) is 9.92. The van der Waals surface area contributed by atoms with Gasteiger partial charge >= 0.3 is 0 Å². The zero-order valence-electron chi connectivity index (χ0n) is 54.1. The molecule has 12 aromatic rings. The maximum atomic E-state index is 6.27. The largest absolute Gasteiger partial charge is 0.458 e. The predicted molar refractivity (Wildman–Crippen MR) is 397 cm³/mol. The maximum absolute atomic E-state index is 6.27. The fraction of sp³-hybridized carbons (Fsp3) is 0.143. The number of ether oxygens (including phenoxy) is 1. The van der Waals surface area contributed by atoms with Gasteiger partial charge in [0, 0.05) is 67.8 Å². The van der Waals surface area contributed by atoms with E-state index < -0.39 is 0 Å². The van der Waals surface area contributed by atoms with Crippen LogP contribution in [0.4, 0.5) is 51.2 Å². The van der Waals surface area contributed by atoms with Crippen LogP contribution in [0.3, 0.4) is 0 Å². The number of fused-ring (bicyclic) bond motifs is 10. The van der Waals surface area contributed by atoms with Crippen molar-refractivity contribution in [3.05, 3.63) is 291 Å². The second-order valence-corrected chi connectivity index (χ2v) is 27.8. The molecular weight excluding hydrogens is 1110 g/mol. The Kier molecular flexibility index (Phi) is 14.5. The van der Waals surface area contributed by atoms with E-state index in [1.165, 1.54) is 123 Å². The van der Waals surface area contributed by atoms with Crippen LogP contribution < -0.4 is 73.5 Å². The Bertz CT molecular complexity index is 4640. The third-order valence-electron chi connectivity index (χ3n) is 18.9. The lowest BCUT2D eigenvalue weighted by molar-refractivity contribution is 0.486. The minimum absolute atomic E-state index is 0.0207. The van der Waals surface area contributed by atoms with Crippen molar-refractivity contribution in [2.24, 2.45) is 0 Å². The molecule has 0 saturated heterocycles. The van der Waals surface area contributed by atoms with Gasteiger partial charge in [-0.3, -0.25) is 0 Å². The molecule has 0 amide bonds. The molecule has 0 spiro atoms. The minimum Gasteiger partial charge on any atom is -0.458 e. The van der Waals surface area contributed by atoms with Crippen LogP contribution in [0, 0.1) is 0 Å². The molecule has 5 heterocycles. The fourth-order valence-electron chi connectivity index (χ4n) is 15.5. The van der Waals surface area contributed by atoms with Crippen LogP contribution in [0.15, 0.2) is 291 Å². The van der Waals surface area contributed by atoms with Crippen LogP contribution in [-0.4, -0.2) is 36.8 Å². The van der Waals surface area contributed by atoms with E-state index in [-0.39, 0.29) is 36.8 Å². The Morgan fingerprint density at radius 1 is 0.239 bits per heavy atom. The molecule has 12 aromatic carbocycles. The molecule has 0 bridgehead atoms. The van der Waals surface area contributed by atoms with Crippen molar-refractivity contribution < 1.29 is 4.74 Å². The van der Waals surface area contributed by atoms with Crippen LogP contribution in [0.2, 0.25) is 0 Å². The molecule has 0 atom stereocenters. The third kappa shape index (κ3) is 9.90. The molecule has 0 saturated carbocycles. The first-order valence-corrected chi connectivity index (χ1v) is 32.6. The summed E-state index contributed by atoms with van der Waals surface area (Å²) in [6.07, 6.45) is 0. The molecule has 5 aliphatic rings. The average molecular weight is 1190 g/mol. The predicted octanol–water partition coefficient (Wildman–Crippen LogP) is 15.6. The van der Waals surface area contributed by atoms with E-state index in [1.54, 1.807) is 0 Å². The van der Waals surface area contributed by atoms with Gasteiger partial charge in [-0.2, -0.15) is 0 Å². The van der Waals surface area contributed by atoms with Gasteiger partial charge in [-0.05, 0) is 201 Å². The molecule has 17 rings (SSSR count). The summed E-state index contributed by atoms with van der Waals surface area (Å²) < 4.78 is 6.27. The highest BCUT2D eigenvalue weighted by molar-refractivity contribution is 7.01. The van der Waals surface area contributed by atoms with Crippen LogP contribution in [0.5, 0.6) is 11.5 Å². The Balaban J connectivity index is 0.000000116. The summed E-state index contributed by atoms with van der Waals surface area (Å²) in [5.41, 5.74) is 28.6. The van der Waals surface area contributed by atoms with Crippen molar-refractivity contribution >= 4 is 120 Å². The van der Waals surface area contributed by atoms with E-state index in [9.17, 15) is 0 Å². The summed E-state index contributed by atoms with van der Waals surface area (Å²) in [6.45, 7) is 21.2. The highest BCUT2D eigenvalue weighted by atomic mass is 16.5. The Hall–Kier alpha value is -10.2. The Labute approximate surface area is 545 Å². The number of rotatable bonds is 4. The van der Waals surface area contributed by atoms with Gasteiger partial charge in [0.1, 0.15) is 11.5 Å². The summed E-state index contributed by atoms with van der Waals surface area (Å²) in [7, 11) is 0. The first-order valence-electron chi connectivity index (χ1n) is 32.6. The smallest absolute Gasteiger partial charge is 0.256 e. The molecule has 446 valence electrons. The third-order valence-corrected chi connectivity index (χ3v) is 18.9. The molecule has 0 aromatic heterocycles. The molecular formula is C84H75B3N4O. The second-order valence-electron chi connectivity index (χ2n) is 27.8. The van der Waals surface area contributed by atoms with Crippen LogP contribution in [0.1, 0.15) is 62.3 Å². The summed E-state index contributed by atoms with van der Waals surface area (Å²) in [6, 6.07) is 105. The van der Waals surface area contributed by atoms with E-state index in [0.717, 1.165) is 11.5 Å². The molecule has 5 aliphatic heterocycles. The van der Waals surface area contributed by atoms with E-state index in [0.29, 0.717) is 0 Å². The molecule has 5 nitrogen and oxygen atoms in total. The van der Waals surface area contributed by atoms with Gasteiger partial charge in [0.05, 0.1) is 0 Å². The molecule has 0 N–H and O–H groups in total. The lowest BCUT2D eigenvalue weighted by Crippen LogP contribution is -2.63. The van der Waals surface area contributed by atoms with E-state index >= 15 is 0 Å². The van der Waals surface area contributed by atoms with Crippen molar-refractivity contribution in [3.63, 3.8) is 0 Å². The topological polar surface area (TPSA) is 22.2 Å². The zero-order valence-corrected chi connectivity index (χ0v) is 54.1. The summed E-state index contributed by atoms with van der Waals surface area (Å²) in [5, 5.41) is 0. The van der Waals surface area contributed by atoms with Crippen LogP contribution in [0.25, 0.3) is 22.3 Å². The first kappa shape index (κ1) is 58.2. The zero-order chi connectivity index (χ0) is 63.0. The molecule has 0 unspecified atom stereocenters. The van der Waals surface area contributed by atoms with Crippen molar-refractivity contribution in [2.45, 2.75) is 78.9 Å². The lowest BCUT2D eigenvalue weighted by atomic mass is 9.33. The number of benzene rings is 12. The van der Waals surface area contributed by atoms with E-state index in [2.05, 4.69) is 367 Å². The van der Waals surface area contributed by atoms with Gasteiger partial charge in [-0.15, -0.1) is 0 Å². The van der Waals surface area contributed by atoms with Crippen LogP contribution in [-0.2, 0) is 0 Å². The van der Waals surface area contributed by atoms with Gasteiger partial charge in [-0.25, -0.2) is 0 Å². The number of anilines is 9. The summed E-state index contributed by atoms with van der Waals surface area (Å²) in [5.74, 6) is 1.95. The van der Waals surface area contributed by atoms with Gasteiger partial charge < -0.3 is 24.3 Å². The Morgan fingerprint density at radius 2 is 0.543 bits per heavy atom. The fourth-order valence-corrected chi connectivity index (χ4v) is 15.5. The van der Waals surface area contributed by atoms with Crippen LogP contribution >= 0.6 is 0 Å². The highest BCUT2D eigenvalue weighted by Gasteiger charge is 2.46. The number of hydrogen-bond acceptors (Lipinski definition) is 5. The van der Waals surface area contributed by atoms with Crippen molar-refractivity contribution in [1.29, 1.82) is 0 Å². The maximum Gasteiger partial charge on any atom is 0.256 e. The highest BCUT2D eigenvalue weighted by Crippen LogP contribution is 2.45. The molecule has 0 aliphatic carbocycles. The van der Waals surface area contributed by atoms with E-state index in [4.69, 9.17) is 4.74 Å². The quantitative estimate of drug-likeness (QED) is 0.163. The minimum atomic E-state index is -0.0572. The molecule has 0 radical (unpaired) electrons. The number of nitrogens with zero attached hydrogens (tertiary/aromatic N) is 4. The Morgan fingerprint density at radius 3 is 1.01 bits per heavy atom. The lowest BCUT2D eigenvalue weighted by Gasteiger charge is -2.48. The van der Waals surface area contributed by atoms with Crippen molar-refractivity contribution in [2.75, 3.05) is 19.6 Å². The van der Waals surface area contributed by atoms with Crippen molar-refractivity contribution in [3.8, 4) is 33.8 Å². The van der Waals surface area contributed by atoms with Gasteiger partial charge in [0.15, 0.2) is 0 Å². The monoisotopic (exact) mass is 1190 g/mol. The van der Waals surface area contributed by atoms with Gasteiger partial charge in [0.25, 0.3) is 13.4 Å². The first-order chi connectivity index (χ1) is 44.6. The average Bonchev–Trinajstić information content (AvgIpc) is 0.718. The van der Waals surface area contributed by atoms with Gasteiger partial charge in [0.2, 0.25) is 6.71 Å². The SMILES string of the molecule is CC(C)(C)N1c2ccccc2B(c2c(-c3ccccc3)cccc2-c2ccccc2)c2ccccc21.CC(C)(C)N1c2ccccc2B2c3ccccc3N(c3ccccc3)c3cccc1c32.CC(C)(C)N1c2ccccc2B2c3ccccc3Oc3cccc1c32. The summed E-state index contributed by atoms with van der Waals surface area (Å²) >= 11 is 0. The van der Waals surface area contributed by atoms with E-state index in [1.807, 2.05) is 6.07 Å². The second kappa shape index (κ2) is 22.9.